The summed E-state index contributed by atoms with van der Waals surface area (Å²) < 4.78 is 10.4. The minimum absolute atomic E-state index is 0.131. The van der Waals surface area contributed by atoms with E-state index in [2.05, 4.69) is 10.6 Å². The largest absolute Gasteiger partial charge is 0.497 e. The van der Waals surface area contributed by atoms with Crippen LogP contribution in [0.3, 0.4) is 0 Å². The van der Waals surface area contributed by atoms with E-state index in [9.17, 15) is 9.59 Å². The molecule has 0 bridgehead atoms. The van der Waals surface area contributed by atoms with Gasteiger partial charge in [0.1, 0.15) is 11.5 Å². The zero-order chi connectivity index (χ0) is 20.6. The van der Waals surface area contributed by atoms with Crippen molar-refractivity contribution in [2.24, 2.45) is 0 Å². The second kappa shape index (κ2) is 9.99. The molecule has 0 spiro atoms. The average Bonchev–Trinajstić information content (AvgIpc) is 3.28. The summed E-state index contributed by atoms with van der Waals surface area (Å²) in [4.78, 5) is 25.9. The van der Waals surface area contributed by atoms with Crippen LogP contribution in [0.4, 0.5) is 11.4 Å². The summed E-state index contributed by atoms with van der Waals surface area (Å²) in [7, 11) is 3.11. The van der Waals surface area contributed by atoms with E-state index in [0.717, 1.165) is 4.90 Å². The van der Waals surface area contributed by atoms with Gasteiger partial charge >= 0.3 is 0 Å². The van der Waals surface area contributed by atoms with Crippen molar-refractivity contribution in [1.29, 1.82) is 0 Å². The van der Waals surface area contributed by atoms with Crippen LogP contribution < -0.4 is 20.1 Å². The Morgan fingerprint density at radius 1 is 1.00 bits per heavy atom. The summed E-state index contributed by atoms with van der Waals surface area (Å²) in [6.45, 7) is 0. The number of hydrogen-bond acceptors (Lipinski definition) is 6. The van der Waals surface area contributed by atoms with Crippen molar-refractivity contribution in [1.82, 2.24) is 0 Å². The SMILES string of the molecule is COc1ccc(NC(=O)CSc2ccc(NC(=O)c3cccs3)cc2)c(OC)c1. The van der Waals surface area contributed by atoms with Crippen molar-refractivity contribution in [3.05, 3.63) is 64.9 Å². The van der Waals surface area contributed by atoms with Crippen LogP contribution in [-0.4, -0.2) is 31.8 Å². The summed E-state index contributed by atoms with van der Waals surface area (Å²) in [6.07, 6.45) is 0. The third kappa shape index (κ3) is 5.75. The van der Waals surface area contributed by atoms with E-state index in [-0.39, 0.29) is 17.6 Å². The van der Waals surface area contributed by atoms with E-state index < -0.39 is 0 Å². The molecular formula is C21H20N2O4S2. The molecule has 0 saturated heterocycles. The Balaban J connectivity index is 1.52. The highest BCUT2D eigenvalue weighted by atomic mass is 32.2. The lowest BCUT2D eigenvalue weighted by atomic mass is 10.2. The lowest BCUT2D eigenvalue weighted by molar-refractivity contribution is -0.113. The molecule has 1 heterocycles. The van der Waals surface area contributed by atoms with Gasteiger partial charge in [0.2, 0.25) is 5.91 Å². The Morgan fingerprint density at radius 2 is 1.79 bits per heavy atom. The van der Waals surface area contributed by atoms with Gasteiger partial charge in [-0.05, 0) is 47.8 Å². The molecule has 0 unspecified atom stereocenters. The van der Waals surface area contributed by atoms with Crippen LogP contribution >= 0.6 is 23.1 Å². The van der Waals surface area contributed by atoms with Crippen LogP contribution in [0.15, 0.2) is 64.9 Å². The molecule has 0 saturated carbocycles. The first-order valence-corrected chi connectivity index (χ1v) is 10.5. The number of anilines is 2. The van der Waals surface area contributed by atoms with Crippen LogP contribution in [0.1, 0.15) is 9.67 Å². The van der Waals surface area contributed by atoms with E-state index in [0.29, 0.717) is 27.8 Å². The molecule has 1 aromatic heterocycles. The molecule has 0 aliphatic carbocycles. The molecule has 0 fully saturated rings. The number of hydrogen-bond donors (Lipinski definition) is 2. The fourth-order valence-electron chi connectivity index (χ4n) is 2.47. The maximum absolute atomic E-state index is 12.3. The molecule has 0 radical (unpaired) electrons. The second-order valence-electron chi connectivity index (χ2n) is 5.86. The van der Waals surface area contributed by atoms with Gasteiger partial charge in [-0.1, -0.05) is 6.07 Å². The van der Waals surface area contributed by atoms with Crippen molar-refractivity contribution < 1.29 is 19.1 Å². The van der Waals surface area contributed by atoms with Crippen molar-refractivity contribution in [3.63, 3.8) is 0 Å². The van der Waals surface area contributed by atoms with Gasteiger partial charge in [0, 0.05) is 16.6 Å². The number of ether oxygens (including phenoxy) is 2. The van der Waals surface area contributed by atoms with Gasteiger partial charge in [0.05, 0.1) is 30.5 Å². The Hall–Kier alpha value is -2.97. The minimum Gasteiger partial charge on any atom is -0.497 e. The smallest absolute Gasteiger partial charge is 0.265 e. The maximum Gasteiger partial charge on any atom is 0.265 e. The molecule has 0 atom stereocenters. The first-order chi connectivity index (χ1) is 14.1. The first-order valence-electron chi connectivity index (χ1n) is 8.68. The fourth-order valence-corrected chi connectivity index (χ4v) is 3.79. The Morgan fingerprint density at radius 3 is 2.45 bits per heavy atom. The monoisotopic (exact) mass is 428 g/mol. The third-order valence-corrected chi connectivity index (χ3v) is 5.79. The van der Waals surface area contributed by atoms with E-state index in [1.165, 1.54) is 30.2 Å². The zero-order valence-corrected chi connectivity index (χ0v) is 17.6. The van der Waals surface area contributed by atoms with Crippen LogP contribution in [0.5, 0.6) is 11.5 Å². The quantitative estimate of drug-likeness (QED) is 0.507. The standard InChI is InChI=1S/C21H20N2O4S2/c1-26-15-7-10-17(18(12-15)27-2)23-20(24)13-29-16-8-5-14(6-9-16)22-21(25)19-4-3-11-28-19/h3-12H,13H2,1-2H3,(H,22,25)(H,23,24). The highest BCUT2D eigenvalue weighted by Gasteiger charge is 2.10. The average molecular weight is 429 g/mol. The third-order valence-electron chi connectivity index (χ3n) is 3.91. The number of amides is 2. The first kappa shape index (κ1) is 20.8. The van der Waals surface area contributed by atoms with E-state index in [1.807, 2.05) is 35.7 Å². The summed E-state index contributed by atoms with van der Waals surface area (Å²) in [6, 6.07) is 16.2. The van der Waals surface area contributed by atoms with Gasteiger partial charge in [-0.2, -0.15) is 0 Å². The highest BCUT2D eigenvalue weighted by Crippen LogP contribution is 2.29. The molecule has 29 heavy (non-hydrogen) atoms. The van der Waals surface area contributed by atoms with Gasteiger partial charge < -0.3 is 20.1 Å². The predicted molar refractivity (Wildman–Crippen MR) is 118 cm³/mol. The van der Waals surface area contributed by atoms with E-state index >= 15 is 0 Å². The lowest BCUT2D eigenvalue weighted by Gasteiger charge is -2.11. The molecule has 3 aromatic rings. The van der Waals surface area contributed by atoms with Gasteiger partial charge in [-0.3, -0.25) is 9.59 Å². The van der Waals surface area contributed by atoms with E-state index in [4.69, 9.17) is 9.47 Å². The van der Waals surface area contributed by atoms with Crippen molar-refractivity contribution >= 4 is 46.3 Å². The van der Waals surface area contributed by atoms with E-state index in [1.54, 1.807) is 31.4 Å². The Labute approximate surface area is 177 Å². The van der Waals surface area contributed by atoms with Gasteiger partial charge in [0.15, 0.2) is 0 Å². The number of nitrogens with one attached hydrogen (secondary N) is 2. The Bertz CT molecular complexity index is 973. The molecule has 3 rings (SSSR count). The Kier molecular flexibility index (Phi) is 7.15. The molecule has 150 valence electrons. The number of methoxy groups -OCH3 is 2. The number of carbonyl (C=O) groups is 2. The molecule has 2 amide bonds. The van der Waals surface area contributed by atoms with Crippen LogP contribution in [0.25, 0.3) is 0 Å². The highest BCUT2D eigenvalue weighted by molar-refractivity contribution is 8.00. The summed E-state index contributed by atoms with van der Waals surface area (Å²) in [5.41, 5.74) is 1.30. The number of thioether (sulfide) groups is 1. The number of thiophene rings is 1. The summed E-state index contributed by atoms with van der Waals surface area (Å²) in [5.74, 6) is 1.16. The molecule has 0 aliphatic heterocycles. The second-order valence-corrected chi connectivity index (χ2v) is 7.86. The number of rotatable bonds is 8. The molecule has 0 aliphatic rings. The molecule has 6 nitrogen and oxygen atoms in total. The fraction of sp³-hybridized carbons (Fsp3) is 0.143. The summed E-state index contributed by atoms with van der Waals surface area (Å²) >= 11 is 2.80. The normalized spacial score (nSPS) is 10.3. The van der Waals surface area contributed by atoms with Gasteiger partial charge in [0.25, 0.3) is 5.91 Å². The van der Waals surface area contributed by atoms with Crippen molar-refractivity contribution in [3.8, 4) is 11.5 Å². The van der Waals surface area contributed by atoms with Gasteiger partial charge in [-0.15, -0.1) is 23.1 Å². The maximum atomic E-state index is 12.3. The predicted octanol–water partition coefficient (Wildman–Crippen LogP) is 4.75. The molecule has 2 N–H and O–H groups in total. The molecule has 2 aromatic carbocycles. The van der Waals surface area contributed by atoms with Crippen LogP contribution in [-0.2, 0) is 4.79 Å². The minimum atomic E-state index is -0.145. The zero-order valence-electron chi connectivity index (χ0n) is 15.9. The number of carbonyl (C=O) groups excluding carboxylic acids is 2. The van der Waals surface area contributed by atoms with Crippen molar-refractivity contribution in [2.45, 2.75) is 4.90 Å². The molecular weight excluding hydrogens is 408 g/mol. The van der Waals surface area contributed by atoms with Crippen molar-refractivity contribution in [2.75, 3.05) is 30.6 Å². The summed E-state index contributed by atoms with van der Waals surface area (Å²) in [5, 5.41) is 7.55. The molecule has 8 heteroatoms. The van der Waals surface area contributed by atoms with Crippen LogP contribution in [0, 0.1) is 0 Å². The number of benzene rings is 2. The van der Waals surface area contributed by atoms with Gasteiger partial charge in [-0.25, -0.2) is 0 Å². The topological polar surface area (TPSA) is 76.7 Å². The lowest BCUT2D eigenvalue weighted by Crippen LogP contribution is -2.14. The van der Waals surface area contributed by atoms with Crippen LogP contribution in [0.2, 0.25) is 0 Å².